The van der Waals surface area contributed by atoms with Crippen molar-refractivity contribution in [2.75, 3.05) is 0 Å². The van der Waals surface area contributed by atoms with Crippen LogP contribution in [0.25, 0.3) is 0 Å². The van der Waals surface area contributed by atoms with Crippen molar-refractivity contribution in [3.8, 4) is 0 Å². The fraction of sp³-hybridized carbons (Fsp3) is 1.00. The normalized spacial score (nSPS) is 10.7. The number of hydrogen-bond acceptors (Lipinski definition) is 1. The summed E-state index contributed by atoms with van der Waals surface area (Å²) >= 11 is 0. The maximum atomic E-state index is 9.20. The molecule has 1 N–H and O–H groups in total. The van der Waals surface area contributed by atoms with Crippen LogP contribution in [0.2, 0.25) is 0 Å². The Labute approximate surface area is 68.3 Å². The summed E-state index contributed by atoms with van der Waals surface area (Å²) in [7, 11) is 0. The van der Waals surface area contributed by atoms with Crippen LogP contribution in [0, 0.1) is 11.8 Å². The second-order valence-corrected chi connectivity index (χ2v) is 2.98. The van der Waals surface area contributed by atoms with Gasteiger partial charge in [-0.15, -0.1) is 0 Å². The Morgan fingerprint density at radius 3 is 1.11 bits per heavy atom. The quantitative estimate of drug-likeness (QED) is 0.640. The minimum Gasteiger partial charge on any atom is -0.393 e. The number of aliphatic hydroxyl groups excluding tert-OH is 1. The van der Waals surface area contributed by atoms with E-state index >= 15 is 0 Å². The second-order valence-electron chi connectivity index (χ2n) is 2.98. The Kier molecular flexibility index (Phi) is 7.15. The molecular formula is C7H16CuO. The van der Waals surface area contributed by atoms with Crippen molar-refractivity contribution in [3.63, 3.8) is 0 Å². The molecule has 0 fully saturated rings. The van der Waals surface area contributed by atoms with Crippen LogP contribution in [-0.2, 0) is 17.1 Å². The molecule has 0 heterocycles. The zero-order valence-corrected chi connectivity index (χ0v) is 7.42. The van der Waals surface area contributed by atoms with Crippen molar-refractivity contribution in [3.05, 3.63) is 0 Å². The first kappa shape index (κ1) is 12.2. The molecule has 0 aliphatic heterocycles. The van der Waals surface area contributed by atoms with Gasteiger partial charge in [0.1, 0.15) is 0 Å². The van der Waals surface area contributed by atoms with Gasteiger partial charge < -0.3 is 5.11 Å². The van der Waals surface area contributed by atoms with E-state index in [1.165, 1.54) is 0 Å². The third-order valence-corrected chi connectivity index (χ3v) is 1.37. The van der Waals surface area contributed by atoms with Gasteiger partial charge >= 0.3 is 0 Å². The SMILES string of the molecule is CC(C)C(O)C(C)C.[Cu]. The van der Waals surface area contributed by atoms with Crippen molar-refractivity contribution >= 4 is 0 Å². The van der Waals surface area contributed by atoms with Crippen LogP contribution in [0.4, 0.5) is 0 Å². The molecule has 1 nitrogen and oxygen atoms in total. The number of hydrogen-bond donors (Lipinski definition) is 1. The Balaban J connectivity index is 0. The van der Waals surface area contributed by atoms with Crippen molar-refractivity contribution < 1.29 is 22.2 Å². The van der Waals surface area contributed by atoms with E-state index in [0.29, 0.717) is 11.8 Å². The van der Waals surface area contributed by atoms with E-state index in [4.69, 9.17) is 0 Å². The second kappa shape index (κ2) is 5.28. The van der Waals surface area contributed by atoms with Crippen LogP contribution in [0.5, 0.6) is 0 Å². The Hall–Kier alpha value is 0.479. The van der Waals surface area contributed by atoms with Crippen molar-refractivity contribution in [1.82, 2.24) is 0 Å². The van der Waals surface area contributed by atoms with Crippen LogP contribution >= 0.6 is 0 Å². The summed E-state index contributed by atoms with van der Waals surface area (Å²) < 4.78 is 0. The standard InChI is InChI=1S/C7H16O.Cu/c1-5(2)7(8)6(3)4;/h5-8H,1-4H3;. The van der Waals surface area contributed by atoms with Crippen molar-refractivity contribution in [1.29, 1.82) is 0 Å². The molecule has 0 aliphatic carbocycles. The molecule has 0 saturated heterocycles. The first-order valence-electron chi connectivity index (χ1n) is 3.23. The van der Waals surface area contributed by atoms with Gasteiger partial charge in [0, 0.05) is 17.1 Å². The molecule has 0 aromatic heterocycles. The monoisotopic (exact) mass is 179 g/mol. The molecule has 9 heavy (non-hydrogen) atoms. The Morgan fingerprint density at radius 1 is 0.889 bits per heavy atom. The summed E-state index contributed by atoms with van der Waals surface area (Å²) in [5, 5.41) is 9.20. The van der Waals surface area contributed by atoms with Gasteiger partial charge in [-0.2, -0.15) is 0 Å². The van der Waals surface area contributed by atoms with Gasteiger partial charge in [-0.1, -0.05) is 27.7 Å². The van der Waals surface area contributed by atoms with Gasteiger partial charge in [0.25, 0.3) is 0 Å². The average Bonchev–Trinajstić information content (AvgIpc) is 1.64. The minimum absolute atomic E-state index is 0. The summed E-state index contributed by atoms with van der Waals surface area (Å²) in [6.45, 7) is 8.13. The molecule has 0 aliphatic rings. The molecule has 0 aromatic rings. The Morgan fingerprint density at radius 2 is 1.11 bits per heavy atom. The zero-order chi connectivity index (χ0) is 6.73. The smallest absolute Gasteiger partial charge is 0.0586 e. The fourth-order valence-corrected chi connectivity index (χ4v) is 0.770. The molecule has 0 unspecified atom stereocenters. The molecule has 1 radical (unpaired) electrons. The third kappa shape index (κ3) is 4.95. The fourth-order valence-electron chi connectivity index (χ4n) is 0.770. The van der Waals surface area contributed by atoms with Gasteiger partial charge in [0.2, 0.25) is 0 Å². The predicted octanol–water partition coefficient (Wildman–Crippen LogP) is 1.66. The summed E-state index contributed by atoms with van der Waals surface area (Å²) in [4.78, 5) is 0. The average molecular weight is 180 g/mol. The van der Waals surface area contributed by atoms with E-state index in [1.807, 2.05) is 27.7 Å². The first-order valence-corrected chi connectivity index (χ1v) is 3.23. The predicted molar refractivity (Wildman–Crippen MR) is 35.7 cm³/mol. The summed E-state index contributed by atoms with van der Waals surface area (Å²) in [5.41, 5.74) is 0. The summed E-state index contributed by atoms with van der Waals surface area (Å²) in [6, 6.07) is 0. The molecule has 0 rings (SSSR count). The van der Waals surface area contributed by atoms with Gasteiger partial charge in [-0.25, -0.2) is 0 Å². The molecule has 61 valence electrons. The zero-order valence-electron chi connectivity index (χ0n) is 6.48. The van der Waals surface area contributed by atoms with Crippen LogP contribution in [0.15, 0.2) is 0 Å². The molecule has 0 atom stereocenters. The summed E-state index contributed by atoms with van der Waals surface area (Å²) in [5.74, 6) is 0.796. The summed E-state index contributed by atoms with van der Waals surface area (Å²) in [6.07, 6.45) is -0.130. The van der Waals surface area contributed by atoms with Crippen LogP contribution < -0.4 is 0 Å². The molecule has 0 spiro atoms. The van der Waals surface area contributed by atoms with Gasteiger partial charge in [-0.3, -0.25) is 0 Å². The molecule has 0 aromatic carbocycles. The molecule has 0 saturated carbocycles. The van der Waals surface area contributed by atoms with E-state index < -0.39 is 0 Å². The van der Waals surface area contributed by atoms with Gasteiger partial charge in [0.15, 0.2) is 0 Å². The van der Waals surface area contributed by atoms with Gasteiger partial charge in [-0.05, 0) is 11.8 Å². The molecule has 0 amide bonds. The largest absolute Gasteiger partial charge is 0.393 e. The van der Waals surface area contributed by atoms with Crippen molar-refractivity contribution in [2.24, 2.45) is 11.8 Å². The molecule has 0 bridgehead atoms. The van der Waals surface area contributed by atoms with Crippen LogP contribution in [0.1, 0.15) is 27.7 Å². The van der Waals surface area contributed by atoms with Crippen molar-refractivity contribution in [2.45, 2.75) is 33.8 Å². The van der Waals surface area contributed by atoms with E-state index in [9.17, 15) is 5.11 Å². The maximum Gasteiger partial charge on any atom is 0.0586 e. The first-order chi connectivity index (χ1) is 3.55. The molecule has 2 heteroatoms. The van der Waals surface area contributed by atoms with E-state index in [-0.39, 0.29) is 23.2 Å². The Bertz CT molecular complexity index is 53.9. The van der Waals surface area contributed by atoms with Gasteiger partial charge in [0.05, 0.1) is 6.10 Å². The topological polar surface area (TPSA) is 20.2 Å². The molecular weight excluding hydrogens is 164 g/mol. The van der Waals surface area contributed by atoms with Crippen LogP contribution in [0.3, 0.4) is 0 Å². The minimum atomic E-state index is -0.130. The number of rotatable bonds is 2. The van der Waals surface area contributed by atoms with E-state index in [2.05, 4.69) is 0 Å². The number of aliphatic hydroxyl groups is 1. The maximum absolute atomic E-state index is 9.20. The van der Waals surface area contributed by atoms with E-state index in [0.717, 1.165) is 0 Å². The third-order valence-electron chi connectivity index (χ3n) is 1.37. The van der Waals surface area contributed by atoms with Crippen LogP contribution in [-0.4, -0.2) is 11.2 Å². The van der Waals surface area contributed by atoms with E-state index in [1.54, 1.807) is 0 Å².